The third-order valence-electron chi connectivity index (χ3n) is 5.35. The van der Waals surface area contributed by atoms with Gasteiger partial charge in [0, 0.05) is 16.7 Å². The molecule has 6 nitrogen and oxygen atoms in total. The van der Waals surface area contributed by atoms with Crippen LogP contribution in [0.2, 0.25) is 0 Å². The lowest BCUT2D eigenvalue weighted by Gasteiger charge is -2.32. The SMILES string of the molecule is CC1(C)OB([C@@H](CC(=O)N2CCOC2=O)c2ccc(Br)cc2)OC1(C)C. The number of rotatable bonds is 4. The summed E-state index contributed by atoms with van der Waals surface area (Å²) in [5.41, 5.74) is -0.0745. The molecule has 0 N–H and O–H groups in total. The fourth-order valence-corrected chi connectivity index (χ4v) is 3.32. The Balaban J connectivity index is 1.86. The van der Waals surface area contributed by atoms with Crippen molar-refractivity contribution in [3.8, 4) is 0 Å². The number of amides is 2. The number of benzene rings is 1. The highest BCUT2D eigenvalue weighted by Crippen LogP contribution is 2.42. The zero-order valence-electron chi connectivity index (χ0n) is 15.5. The second-order valence-electron chi connectivity index (χ2n) is 7.65. The summed E-state index contributed by atoms with van der Waals surface area (Å²) < 4.78 is 18.2. The van der Waals surface area contributed by atoms with Gasteiger partial charge in [-0.3, -0.25) is 4.79 Å². The molecular formula is C18H23BBrNO5. The fraction of sp³-hybridized carbons (Fsp3) is 0.556. The van der Waals surface area contributed by atoms with Crippen LogP contribution in [-0.2, 0) is 18.8 Å². The Bertz CT molecular complexity index is 690. The van der Waals surface area contributed by atoms with Gasteiger partial charge in [0.1, 0.15) is 6.61 Å². The van der Waals surface area contributed by atoms with Crippen molar-refractivity contribution in [2.24, 2.45) is 0 Å². The summed E-state index contributed by atoms with van der Waals surface area (Å²) in [5.74, 6) is -0.611. The van der Waals surface area contributed by atoms with Crippen LogP contribution < -0.4 is 0 Å². The molecule has 3 rings (SSSR count). The van der Waals surface area contributed by atoms with Gasteiger partial charge in [0.2, 0.25) is 5.91 Å². The van der Waals surface area contributed by atoms with Crippen LogP contribution in [-0.4, -0.2) is 48.4 Å². The molecule has 2 saturated heterocycles. The van der Waals surface area contributed by atoms with Crippen molar-refractivity contribution in [3.05, 3.63) is 34.3 Å². The van der Waals surface area contributed by atoms with Gasteiger partial charge >= 0.3 is 13.2 Å². The van der Waals surface area contributed by atoms with E-state index in [0.717, 1.165) is 14.9 Å². The van der Waals surface area contributed by atoms with E-state index >= 15 is 0 Å². The lowest BCUT2D eigenvalue weighted by Crippen LogP contribution is -2.41. The zero-order valence-corrected chi connectivity index (χ0v) is 17.0. The molecule has 0 bridgehead atoms. The van der Waals surface area contributed by atoms with Crippen LogP contribution in [0.3, 0.4) is 0 Å². The molecule has 140 valence electrons. The van der Waals surface area contributed by atoms with Gasteiger partial charge in [-0.2, -0.15) is 0 Å². The summed E-state index contributed by atoms with van der Waals surface area (Å²) >= 11 is 3.43. The number of cyclic esters (lactones) is 1. The summed E-state index contributed by atoms with van der Waals surface area (Å²) in [6.07, 6.45) is -0.480. The summed E-state index contributed by atoms with van der Waals surface area (Å²) in [6, 6.07) is 7.72. The predicted octanol–water partition coefficient (Wildman–Crippen LogP) is 3.53. The molecule has 2 aliphatic rings. The van der Waals surface area contributed by atoms with Gasteiger partial charge in [-0.15, -0.1) is 0 Å². The monoisotopic (exact) mass is 423 g/mol. The number of imide groups is 1. The van der Waals surface area contributed by atoms with Crippen LogP contribution in [0.15, 0.2) is 28.7 Å². The van der Waals surface area contributed by atoms with Crippen LogP contribution in [0.1, 0.15) is 45.5 Å². The van der Waals surface area contributed by atoms with Gasteiger partial charge in [0.05, 0.1) is 17.7 Å². The normalized spacial score (nSPS) is 22.4. The molecule has 0 radical (unpaired) electrons. The highest BCUT2D eigenvalue weighted by atomic mass is 79.9. The van der Waals surface area contributed by atoms with Crippen LogP contribution in [0, 0.1) is 0 Å². The Kier molecular flexibility index (Phi) is 5.20. The Labute approximate surface area is 162 Å². The van der Waals surface area contributed by atoms with Crippen LogP contribution in [0.5, 0.6) is 0 Å². The minimum atomic E-state index is -0.585. The van der Waals surface area contributed by atoms with E-state index in [1.54, 1.807) is 0 Å². The molecule has 1 aromatic carbocycles. The molecule has 0 unspecified atom stereocenters. The Morgan fingerprint density at radius 2 is 1.77 bits per heavy atom. The first-order chi connectivity index (χ1) is 12.1. The number of hydrogen-bond acceptors (Lipinski definition) is 5. The average Bonchev–Trinajstić information content (AvgIpc) is 3.06. The molecule has 1 aromatic rings. The summed E-state index contributed by atoms with van der Waals surface area (Å²) in [7, 11) is -0.580. The number of ether oxygens (including phenoxy) is 1. The topological polar surface area (TPSA) is 65.1 Å². The van der Waals surface area contributed by atoms with E-state index in [9.17, 15) is 9.59 Å². The molecule has 2 fully saturated rings. The summed E-state index contributed by atoms with van der Waals surface area (Å²) in [6.45, 7) is 8.44. The lowest BCUT2D eigenvalue weighted by atomic mass is 9.66. The predicted molar refractivity (Wildman–Crippen MR) is 101 cm³/mol. The number of carbonyl (C=O) groups is 2. The Morgan fingerprint density at radius 1 is 1.19 bits per heavy atom. The first kappa shape index (κ1) is 19.4. The second kappa shape index (κ2) is 6.98. The highest BCUT2D eigenvalue weighted by Gasteiger charge is 2.54. The van der Waals surface area contributed by atoms with Crippen molar-refractivity contribution in [1.29, 1.82) is 0 Å². The molecular weight excluding hydrogens is 401 g/mol. The van der Waals surface area contributed by atoms with Gasteiger partial charge < -0.3 is 14.0 Å². The van der Waals surface area contributed by atoms with Crippen molar-refractivity contribution in [2.75, 3.05) is 13.2 Å². The first-order valence-electron chi connectivity index (χ1n) is 8.69. The fourth-order valence-electron chi connectivity index (χ4n) is 3.05. The van der Waals surface area contributed by atoms with Crippen LogP contribution >= 0.6 is 15.9 Å². The smallest absolute Gasteiger partial charge is 0.447 e. The Hall–Kier alpha value is -1.38. The molecule has 1 atom stereocenters. The molecule has 26 heavy (non-hydrogen) atoms. The number of halogens is 1. The molecule has 2 amide bonds. The number of carbonyl (C=O) groups excluding carboxylic acids is 2. The van der Waals surface area contributed by atoms with Gasteiger partial charge in [-0.1, -0.05) is 28.1 Å². The van der Waals surface area contributed by atoms with Crippen molar-refractivity contribution < 1.29 is 23.6 Å². The number of nitrogens with zero attached hydrogens (tertiary/aromatic N) is 1. The lowest BCUT2D eigenvalue weighted by molar-refractivity contribution is -0.127. The van der Waals surface area contributed by atoms with E-state index in [4.69, 9.17) is 14.0 Å². The van der Waals surface area contributed by atoms with Crippen molar-refractivity contribution in [1.82, 2.24) is 4.90 Å². The van der Waals surface area contributed by atoms with Crippen LogP contribution in [0.25, 0.3) is 0 Å². The van der Waals surface area contributed by atoms with E-state index in [1.807, 2.05) is 52.0 Å². The van der Waals surface area contributed by atoms with Gasteiger partial charge in [-0.05, 0) is 45.4 Å². The molecule has 0 aliphatic carbocycles. The summed E-state index contributed by atoms with van der Waals surface area (Å²) in [4.78, 5) is 25.6. The quantitative estimate of drug-likeness (QED) is 0.693. The third kappa shape index (κ3) is 3.68. The summed E-state index contributed by atoms with van der Waals surface area (Å²) in [5, 5.41) is 0. The molecule has 0 spiro atoms. The molecule has 2 aliphatic heterocycles. The first-order valence-corrected chi connectivity index (χ1v) is 9.48. The average molecular weight is 424 g/mol. The van der Waals surface area contributed by atoms with E-state index in [1.165, 1.54) is 0 Å². The molecule has 0 aromatic heterocycles. The van der Waals surface area contributed by atoms with Crippen LogP contribution in [0.4, 0.5) is 4.79 Å². The van der Waals surface area contributed by atoms with E-state index in [2.05, 4.69) is 15.9 Å². The van der Waals surface area contributed by atoms with Gasteiger partial charge in [0.15, 0.2) is 0 Å². The minimum absolute atomic E-state index is 0.105. The number of hydrogen-bond donors (Lipinski definition) is 0. The van der Waals surface area contributed by atoms with Crippen molar-refractivity contribution in [2.45, 2.75) is 51.1 Å². The largest absolute Gasteiger partial charge is 0.466 e. The van der Waals surface area contributed by atoms with E-state index in [0.29, 0.717) is 0 Å². The highest BCUT2D eigenvalue weighted by molar-refractivity contribution is 9.10. The minimum Gasteiger partial charge on any atom is -0.447 e. The standard InChI is InChI=1S/C18H23BBrNO5/c1-17(2)18(3,4)26-19(25-17)14(12-5-7-13(20)8-6-12)11-15(22)21-9-10-24-16(21)23/h5-8,14H,9-11H2,1-4H3/t14-/m0/s1. The maximum absolute atomic E-state index is 12.7. The zero-order chi connectivity index (χ0) is 19.1. The maximum Gasteiger partial charge on any atom is 0.466 e. The van der Waals surface area contributed by atoms with Crippen molar-refractivity contribution in [3.63, 3.8) is 0 Å². The maximum atomic E-state index is 12.7. The third-order valence-corrected chi connectivity index (χ3v) is 5.88. The molecule has 2 heterocycles. The molecule has 8 heteroatoms. The van der Waals surface area contributed by atoms with Gasteiger partial charge in [0.25, 0.3) is 0 Å². The van der Waals surface area contributed by atoms with E-state index < -0.39 is 24.4 Å². The Morgan fingerprint density at radius 3 is 2.27 bits per heavy atom. The van der Waals surface area contributed by atoms with Crippen molar-refractivity contribution >= 4 is 35.0 Å². The second-order valence-corrected chi connectivity index (χ2v) is 8.56. The van der Waals surface area contributed by atoms with E-state index in [-0.39, 0.29) is 31.3 Å². The molecule has 0 saturated carbocycles. The van der Waals surface area contributed by atoms with Gasteiger partial charge in [-0.25, -0.2) is 9.69 Å².